The maximum Gasteiger partial charge on any atom is 0.262 e. The van der Waals surface area contributed by atoms with Gasteiger partial charge in [0.2, 0.25) is 0 Å². The third kappa shape index (κ3) is 4.97. The SMILES string of the molecule is Cc1c(/C=C(\C#N)C(=O)NCc2ccccc2)c2ccccc2n1CCCN(C)C. The van der Waals surface area contributed by atoms with E-state index in [9.17, 15) is 10.1 Å². The number of aryl methyl sites for hydroxylation is 1. The van der Waals surface area contributed by atoms with Crippen LogP contribution in [0.15, 0.2) is 60.2 Å². The summed E-state index contributed by atoms with van der Waals surface area (Å²) in [6.07, 6.45) is 2.75. The predicted octanol–water partition coefficient (Wildman–Crippen LogP) is 4.12. The molecule has 154 valence electrons. The van der Waals surface area contributed by atoms with Crippen LogP contribution in [0.5, 0.6) is 0 Å². The van der Waals surface area contributed by atoms with Crippen molar-refractivity contribution in [1.82, 2.24) is 14.8 Å². The molecule has 3 aromatic rings. The van der Waals surface area contributed by atoms with Crippen molar-refractivity contribution in [2.45, 2.75) is 26.4 Å². The number of hydrogen-bond donors (Lipinski definition) is 1. The zero-order valence-electron chi connectivity index (χ0n) is 17.9. The number of aromatic nitrogens is 1. The molecule has 0 aliphatic rings. The molecule has 0 radical (unpaired) electrons. The van der Waals surface area contributed by atoms with Gasteiger partial charge in [-0.05, 0) is 51.7 Å². The zero-order valence-corrected chi connectivity index (χ0v) is 17.9. The van der Waals surface area contributed by atoms with Crippen LogP contribution in [-0.2, 0) is 17.9 Å². The first-order chi connectivity index (χ1) is 14.5. The number of fused-ring (bicyclic) bond motifs is 1. The van der Waals surface area contributed by atoms with Crippen LogP contribution >= 0.6 is 0 Å². The Bertz CT molecular complexity index is 1090. The smallest absolute Gasteiger partial charge is 0.262 e. The Kier molecular flexibility index (Phi) is 7.05. The normalized spacial score (nSPS) is 11.6. The number of rotatable bonds is 8. The van der Waals surface area contributed by atoms with E-state index < -0.39 is 0 Å². The minimum atomic E-state index is -0.356. The first-order valence-electron chi connectivity index (χ1n) is 10.2. The molecule has 0 saturated carbocycles. The Morgan fingerprint density at radius 3 is 2.53 bits per heavy atom. The highest BCUT2D eigenvalue weighted by atomic mass is 16.1. The van der Waals surface area contributed by atoms with Crippen molar-refractivity contribution in [2.75, 3.05) is 20.6 Å². The van der Waals surface area contributed by atoms with Crippen molar-refractivity contribution in [2.24, 2.45) is 0 Å². The van der Waals surface area contributed by atoms with E-state index in [1.807, 2.05) is 48.5 Å². The van der Waals surface area contributed by atoms with Crippen LogP contribution in [0.3, 0.4) is 0 Å². The lowest BCUT2D eigenvalue weighted by molar-refractivity contribution is -0.117. The van der Waals surface area contributed by atoms with E-state index in [1.165, 1.54) is 0 Å². The molecular weight excluding hydrogens is 372 g/mol. The Hall–Kier alpha value is -3.36. The van der Waals surface area contributed by atoms with E-state index >= 15 is 0 Å². The largest absolute Gasteiger partial charge is 0.347 e. The maximum absolute atomic E-state index is 12.6. The van der Waals surface area contributed by atoms with Gasteiger partial charge in [0.15, 0.2) is 0 Å². The van der Waals surface area contributed by atoms with Crippen molar-refractivity contribution in [3.63, 3.8) is 0 Å². The lowest BCUT2D eigenvalue weighted by atomic mass is 10.1. The Morgan fingerprint density at radius 1 is 1.13 bits per heavy atom. The van der Waals surface area contributed by atoms with Gasteiger partial charge in [-0.3, -0.25) is 4.79 Å². The molecule has 0 fully saturated rings. The van der Waals surface area contributed by atoms with Gasteiger partial charge in [0.25, 0.3) is 5.91 Å². The monoisotopic (exact) mass is 400 g/mol. The van der Waals surface area contributed by atoms with Crippen molar-refractivity contribution in [3.8, 4) is 6.07 Å². The van der Waals surface area contributed by atoms with Gasteiger partial charge in [0.05, 0.1) is 0 Å². The summed E-state index contributed by atoms with van der Waals surface area (Å²) in [4.78, 5) is 14.8. The van der Waals surface area contributed by atoms with E-state index in [-0.39, 0.29) is 11.5 Å². The topological polar surface area (TPSA) is 61.1 Å². The molecule has 2 aromatic carbocycles. The number of hydrogen-bond acceptors (Lipinski definition) is 3. The summed E-state index contributed by atoms with van der Waals surface area (Å²) in [7, 11) is 4.14. The van der Waals surface area contributed by atoms with Gasteiger partial charge in [0, 0.05) is 35.2 Å². The summed E-state index contributed by atoms with van der Waals surface area (Å²) < 4.78 is 2.28. The predicted molar refractivity (Wildman–Crippen MR) is 122 cm³/mol. The van der Waals surface area contributed by atoms with Gasteiger partial charge in [0.1, 0.15) is 11.6 Å². The molecule has 0 unspecified atom stereocenters. The molecule has 0 spiro atoms. The average Bonchev–Trinajstić information content (AvgIpc) is 3.02. The molecule has 1 N–H and O–H groups in total. The highest BCUT2D eigenvalue weighted by Crippen LogP contribution is 2.28. The van der Waals surface area contributed by atoms with Crippen LogP contribution in [0.1, 0.15) is 23.2 Å². The summed E-state index contributed by atoms with van der Waals surface area (Å²) in [6, 6.07) is 19.9. The lowest BCUT2D eigenvalue weighted by Crippen LogP contribution is -2.23. The molecule has 5 heteroatoms. The minimum absolute atomic E-state index is 0.116. The van der Waals surface area contributed by atoms with Gasteiger partial charge in [-0.2, -0.15) is 5.26 Å². The van der Waals surface area contributed by atoms with Crippen molar-refractivity contribution < 1.29 is 4.79 Å². The third-order valence-corrected chi connectivity index (χ3v) is 5.22. The number of carbonyl (C=O) groups excluding carboxylic acids is 1. The third-order valence-electron chi connectivity index (χ3n) is 5.22. The number of amides is 1. The molecular formula is C25H28N4O. The minimum Gasteiger partial charge on any atom is -0.347 e. The number of para-hydroxylation sites is 1. The molecule has 0 aliphatic carbocycles. The Morgan fingerprint density at radius 2 is 1.83 bits per heavy atom. The Balaban J connectivity index is 1.88. The highest BCUT2D eigenvalue weighted by molar-refractivity contribution is 6.04. The van der Waals surface area contributed by atoms with Gasteiger partial charge in [-0.15, -0.1) is 0 Å². The molecule has 5 nitrogen and oxygen atoms in total. The number of carbonyl (C=O) groups is 1. The van der Waals surface area contributed by atoms with Crippen LogP contribution in [-0.4, -0.2) is 36.0 Å². The van der Waals surface area contributed by atoms with Crippen LogP contribution in [0.25, 0.3) is 17.0 Å². The van der Waals surface area contributed by atoms with Gasteiger partial charge < -0.3 is 14.8 Å². The van der Waals surface area contributed by atoms with Crippen LogP contribution in [0.2, 0.25) is 0 Å². The maximum atomic E-state index is 12.6. The second kappa shape index (κ2) is 9.91. The average molecular weight is 401 g/mol. The summed E-state index contributed by atoms with van der Waals surface area (Å²) in [5.74, 6) is -0.356. The first kappa shape index (κ1) is 21.4. The molecule has 0 bridgehead atoms. The second-order valence-corrected chi connectivity index (χ2v) is 7.66. The molecule has 1 heterocycles. The van der Waals surface area contributed by atoms with E-state index in [4.69, 9.17) is 0 Å². The summed E-state index contributed by atoms with van der Waals surface area (Å²) in [6.45, 7) is 4.34. The van der Waals surface area contributed by atoms with Crippen molar-refractivity contribution in [3.05, 3.63) is 77.0 Å². The fraction of sp³-hybridized carbons (Fsp3) is 0.280. The van der Waals surface area contributed by atoms with Gasteiger partial charge in [-0.25, -0.2) is 0 Å². The molecule has 0 atom stereocenters. The fourth-order valence-corrected chi connectivity index (χ4v) is 3.64. The lowest BCUT2D eigenvalue weighted by Gasteiger charge is -2.12. The van der Waals surface area contributed by atoms with Crippen molar-refractivity contribution in [1.29, 1.82) is 5.26 Å². The highest BCUT2D eigenvalue weighted by Gasteiger charge is 2.15. The summed E-state index contributed by atoms with van der Waals surface area (Å²) >= 11 is 0. The van der Waals surface area contributed by atoms with Gasteiger partial charge in [-0.1, -0.05) is 48.5 Å². The quantitative estimate of drug-likeness (QED) is 0.457. The number of nitrogens with one attached hydrogen (secondary N) is 1. The first-order valence-corrected chi connectivity index (χ1v) is 10.2. The second-order valence-electron chi connectivity index (χ2n) is 7.66. The fourth-order valence-electron chi connectivity index (χ4n) is 3.64. The molecule has 0 saturated heterocycles. The standard InChI is InChI=1S/C25H28N4O/c1-19-23(16-21(17-26)25(30)27-18-20-10-5-4-6-11-20)22-12-7-8-13-24(22)29(19)15-9-14-28(2)3/h4-8,10-13,16H,9,14-15,18H2,1-3H3,(H,27,30)/b21-16+. The summed E-state index contributed by atoms with van der Waals surface area (Å²) in [5.41, 5.74) is 4.24. The molecule has 1 amide bonds. The molecule has 1 aromatic heterocycles. The van der Waals surface area contributed by atoms with E-state index in [0.29, 0.717) is 6.54 Å². The van der Waals surface area contributed by atoms with E-state index in [0.717, 1.165) is 47.2 Å². The van der Waals surface area contributed by atoms with Crippen molar-refractivity contribution >= 4 is 22.9 Å². The van der Waals surface area contributed by atoms with E-state index in [2.05, 4.69) is 47.9 Å². The molecule has 30 heavy (non-hydrogen) atoms. The number of benzene rings is 2. The molecule has 0 aliphatic heterocycles. The van der Waals surface area contributed by atoms with Crippen LogP contribution < -0.4 is 5.32 Å². The summed E-state index contributed by atoms with van der Waals surface area (Å²) in [5, 5.41) is 13.5. The Labute approximate surface area is 178 Å². The van der Waals surface area contributed by atoms with Crippen LogP contribution in [0.4, 0.5) is 0 Å². The molecule has 3 rings (SSSR count). The number of nitriles is 1. The van der Waals surface area contributed by atoms with Gasteiger partial charge >= 0.3 is 0 Å². The van der Waals surface area contributed by atoms with Crippen LogP contribution in [0, 0.1) is 18.3 Å². The zero-order chi connectivity index (χ0) is 21.5. The number of nitrogens with zero attached hydrogens (tertiary/aromatic N) is 3. The van der Waals surface area contributed by atoms with E-state index in [1.54, 1.807) is 6.08 Å².